The number of anilines is 1. The minimum Gasteiger partial charge on any atom is -0.491 e. The van der Waals surface area contributed by atoms with E-state index in [2.05, 4.69) is 23.6 Å². The number of rotatable bonds is 5. The maximum atomic E-state index is 11.6. The molecule has 1 aliphatic heterocycles. The molecule has 1 unspecified atom stereocenters. The van der Waals surface area contributed by atoms with Crippen LogP contribution in [-0.4, -0.2) is 24.6 Å². The summed E-state index contributed by atoms with van der Waals surface area (Å²) in [5.74, 6) is 0.887. The summed E-state index contributed by atoms with van der Waals surface area (Å²) in [5.41, 5.74) is 2.39. The Hall–Kier alpha value is -1.71. The van der Waals surface area contributed by atoms with E-state index < -0.39 is 0 Å². The van der Waals surface area contributed by atoms with Crippen molar-refractivity contribution in [2.45, 2.75) is 52.1 Å². The second-order valence-electron chi connectivity index (χ2n) is 5.70. The number of carbonyl (C=O) groups is 1. The summed E-state index contributed by atoms with van der Waals surface area (Å²) in [4.78, 5) is 11.6. The van der Waals surface area contributed by atoms with Gasteiger partial charge in [-0.05, 0) is 45.2 Å². The zero-order valence-corrected chi connectivity index (χ0v) is 12.5. The van der Waals surface area contributed by atoms with Gasteiger partial charge in [0.05, 0.1) is 18.7 Å². The molecule has 0 radical (unpaired) electrons. The molecule has 0 saturated carbocycles. The van der Waals surface area contributed by atoms with E-state index in [1.54, 1.807) is 0 Å². The van der Waals surface area contributed by atoms with Crippen LogP contribution in [0.3, 0.4) is 0 Å². The summed E-state index contributed by atoms with van der Waals surface area (Å²) in [6.45, 7) is 6.50. The highest BCUT2D eigenvalue weighted by molar-refractivity contribution is 5.76. The molecule has 1 aromatic rings. The number of fused-ring (bicyclic) bond motifs is 1. The van der Waals surface area contributed by atoms with Crippen LogP contribution in [0.25, 0.3) is 0 Å². The molecule has 20 heavy (non-hydrogen) atoms. The first kappa shape index (κ1) is 14.7. The van der Waals surface area contributed by atoms with Crippen LogP contribution < -0.4 is 15.4 Å². The minimum absolute atomic E-state index is 0.0334. The van der Waals surface area contributed by atoms with E-state index in [0.717, 1.165) is 24.3 Å². The topological polar surface area (TPSA) is 50.4 Å². The molecule has 4 nitrogen and oxygen atoms in total. The van der Waals surface area contributed by atoms with Crippen LogP contribution in [0.1, 0.15) is 39.2 Å². The monoisotopic (exact) mass is 276 g/mol. The molecule has 110 valence electrons. The Balaban J connectivity index is 1.92. The fraction of sp³-hybridized carbons (Fsp3) is 0.562. The van der Waals surface area contributed by atoms with Crippen molar-refractivity contribution in [2.24, 2.45) is 0 Å². The van der Waals surface area contributed by atoms with Crippen LogP contribution in [-0.2, 0) is 11.2 Å². The van der Waals surface area contributed by atoms with Crippen LogP contribution in [0.4, 0.5) is 5.69 Å². The molecule has 0 spiro atoms. The lowest BCUT2D eigenvalue weighted by Crippen LogP contribution is -2.31. The molecule has 1 amide bonds. The molecule has 1 heterocycles. The number of ether oxygens (including phenoxy) is 1. The van der Waals surface area contributed by atoms with Crippen molar-refractivity contribution in [3.05, 3.63) is 23.8 Å². The third kappa shape index (κ3) is 3.89. The van der Waals surface area contributed by atoms with Crippen molar-refractivity contribution in [1.29, 1.82) is 0 Å². The fourth-order valence-electron chi connectivity index (χ4n) is 2.41. The molecular formula is C16H24N2O2. The summed E-state index contributed by atoms with van der Waals surface area (Å²) in [6.07, 6.45) is 2.61. The van der Waals surface area contributed by atoms with Gasteiger partial charge in [0.2, 0.25) is 5.91 Å². The Bertz CT molecular complexity index is 472. The van der Waals surface area contributed by atoms with Gasteiger partial charge in [0.25, 0.3) is 0 Å². The van der Waals surface area contributed by atoms with Gasteiger partial charge in [-0.15, -0.1) is 0 Å². The maximum absolute atomic E-state index is 11.6. The number of nitrogens with one attached hydrogen (secondary N) is 2. The van der Waals surface area contributed by atoms with Crippen molar-refractivity contribution in [2.75, 3.05) is 11.9 Å². The van der Waals surface area contributed by atoms with E-state index in [9.17, 15) is 4.79 Å². The Morgan fingerprint density at radius 3 is 3.05 bits per heavy atom. The Morgan fingerprint density at radius 1 is 1.50 bits per heavy atom. The number of hydrogen-bond acceptors (Lipinski definition) is 3. The SMILES string of the molecule is CC(C)NC(=O)CCOc1cccc2c1NC(C)CC2. The number of hydrogen-bond donors (Lipinski definition) is 2. The maximum Gasteiger partial charge on any atom is 0.223 e. The number of carbonyl (C=O) groups excluding carboxylic acids is 1. The normalized spacial score (nSPS) is 17.3. The van der Waals surface area contributed by atoms with Gasteiger partial charge >= 0.3 is 0 Å². The molecule has 0 bridgehead atoms. The van der Waals surface area contributed by atoms with Crippen LogP contribution in [0.15, 0.2) is 18.2 Å². The Kier molecular flexibility index (Phi) is 4.88. The van der Waals surface area contributed by atoms with E-state index in [-0.39, 0.29) is 11.9 Å². The van der Waals surface area contributed by atoms with E-state index in [0.29, 0.717) is 19.1 Å². The van der Waals surface area contributed by atoms with Gasteiger partial charge in [-0.1, -0.05) is 12.1 Å². The number of benzene rings is 1. The Morgan fingerprint density at radius 2 is 2.30 bits per heavy atom. The van der Waals surface area contributed by atoms with Crippen molar-refractivity contribution in [1.82, 2.24) is 5.32 Å². The number of amides is 1. The van der Waals surface area contributed by atoms with Gasteiger partial charge in [0, 0.05) is 12.1 Å². The number of aryl methyl sites for hydroxylation is 1. The van der Waals surface area contributed by atoms with E-state index in [1.165, 1.54) is 5.56 Å². The van der Waals surface area contributed by atoms with Crippen LogP contribution in [0.5, 0.6) is 5.75 Å². The van der Waals surface area contributed by atoms with Gasteiger partial charge in [-0.3, -0.25) is 4.79 Å². The molecule has 1 atom stereocenters. The highest BCUT2D eigenvalue weighted by Crippen LogP contribution is 2.33. The van der Waals surface area contributed by atoms with Crippen molar-refractivity contribution in [3.63, 3.8) is 0 Å². The van der Waals surface area contributed by atoms with E-state index in [4.69, 9.17) is 4.74 Å². The average Bonchev–Trinajstić information content (AvgIpc) is 2.38. The first-order valence-corrected chi connectivity index (χ1v) is 7.37. The highest BCUT2D eigenvalue weighted by atomic mass is 16.5. The molecule has 0 fully saturated rings. The molecule has 4 heteroatoms. The van der Waals surface area contributed by atoms with Crippen LogP contribution in [0.2, 0.25) is 0 Å². The van der Waals surface area contributed by atoms with Gasteiger partial charge in [-0.25, -0.2) is 0 Å². The standard InChI is InChI=1S/C16H24N2O2/c1-11(2)17-15(19)9-10-20-14-6-4-5-13-8-7-12(3)18-16(13)14/h4-6,11-12,18H,7-10H2,1-3H3,(H,17,19). The molecule has 0 saturated heterocycles. The van der Waals surface area contributed by atoms with Gasteiger partial charge in [0.1, 0.15) is 5.75 Å². The lowest BCUT2D eigenvalue weighted by Gasteiger charge is -2.26. The first-order chi connectivity index (χ1) is 9.56. The Labute approximate surface area is 120 Å². The third-order valence-corrected chi connectivity index (χ3v) is 3.39. The predicted molar refractivity (Wildman–Crippen MR) is 81.2 cm³/mol. The van der Waals surface area contributed by atoms with Gasteiger partial charge < -0.3 is 15.4 Å². The predicted octanol–water partition coefficient (Wildman–Crippen LogP) is 2.73. The molecule has 2 N–H and O–H groups in total. The van der Waals surface area contributed by atoms with E-state index >= 15 is 0 Å². The number of para-hydroxylation sites is 1. The van der Waals surface area contributed by atoms with Crippen LogP contribution >= 0.6 is 0 Å². The largest absolute Gasteiger partial charge is 0.491 e. The lowest BCUT2D eigenvalue weighted by atomic mass is 9.98. The molecular weight excluding hydrogens is 252 g/mol. The van der Waals surface area contributed by atoms with Gasteiger partial charge in [0.15, 0.2) is 0 Å². The molecule has 1 aromatic carbocycles. The van der Waals surface area contributed by atoms with Crippen molar-refractivity contribution in [3.8, 4) is 5.75 Å². The zero-order valence-electron chi connectivity index (χ0n) is 12.5. The van der Waals surface area contributed by atoms with E-state index in [1.807, 2.05) is 26.0 Å². The summed E-state index contributed by atoms with van der Waals surface area (Å²) in [7, 11) is 0. The first-order valence-electron chi connectivity index (χ1n) is 7.37. The van der Waals surface area contributed by atoms with Crippen LogP contribution in [0, 0.1) is 0 Å². The van der Waals surface area contributed by atoms with Gasteiger partial charge in [-0.2, -0.15) is 0 Å². The third-order valence-electron chi connectivity index (χ3n) is 3.39. The zero-order chi connectivity index (χ0) is 14.5. The average molecular weight is 276 g/mol. The quantitative estimate of drug-likeness (QED) is 0.869. The highest BCUT2D eigenvalue weighted by Gasteiger charge is 2.17. The fourth-order valence-corrected chi connectivity index (χ4v) is 2.41. The molecule has 0 aromatic heterocycles. The lowest BCUT2D eigenvalue weighted by molar-refractivity contribution is -0.122. The summed E-state index contributed by atoms with van der Waals surface area (Å²) in [5, 5.41) is 6.34. The minimum atomic E-state index is 0.0334. The van der Waals surface area contributed by atoms with Crippen molar-refractivity contribution < 1.29 is 9.53 Å². The summed E-state index contributed by atoms with van der Waals surface area (Å²) in [6, 6.07) is 6.75. The second-order valence-corrected chi connectivity index (χ2v) is 5.70. The summed E-state index contributed by atoms with van der Waals surface area (Å²) < 4.78 is 5.78. The molecule has 2 rings (SSSR count). The summed E-state index contributed by atoms with van der Waals surface area (Å²) >= 11 is 0. The molecule has 0 aliphatic carbocycles. The smallest absolute Gasteiger partial charge is 0.223 e. The molecule has 1 aliphatic rings. The van der Waals surface area contributed by atoms with Crippen molar-refractivity contribution >= 4 is 11.6 Å². The second kappa shape index (κ2) is 6.64.